The molecule has 1 atom stereocenters. The van der Waals surface area contributed by atoms with Crippen LogP contribution < -0.4 is 0 Å². The molecule has 0 spiro atoms. The van der Waals surface area contributed by atoms with Gasteiger partial charge in [0.05, 0.1) is 6.04 Å². The van der Waals surface area contributed by atoms with Crippen LogP contribution in [-0.2, 0) is 10.2 Å². The highest BCUT2D eigenvalue weighted by atomic mass is 32.2. The Morgan fingerprint density at radius 2 is 1.86 bits per heavy atom. The van der Waals surface area contributed by atoms with Gasteiger partial charge in [0, 0.05) is 32.0 Å². The van der Waals surface area contributed by atoms with Gasteiger partial charge in [0.1, 0.15) is 0 Å². The van der Waals surface area contributed by atoms with Crippen LogP contribution in [0.2, 0.25) is 0 Å². The molecule has 1 aromatic rings. The minimum Gasteiger partial charge on any atom is -0.265 e. The van der Waals surface area contributed by atoms with Crippen molar-refractivity contribution in [2.24, 2.45) is 0 Å². The van der Waals surface area contributed by atoms with Gasteiger partial charge in [-0.15, -0.1) is 0 Å². The molecule has 0 saturated carbocycles. The molecular formula is C15H25N3O2S. The van der Waals surface area contributed by atoms with E-state index in [1.54, 1.807) is 21.0 Å². The minimum atomic E-state index is -3.38. The Bertz CT molecular complexity index is 527. The highest BCUT2D eigenvalue weighted by Crippen LogP contribution is 2.35. The largest absolute Gasteiger partial charge is 0.282 e. The number of hydrogen-bond acceptors (Lipinski definition) is 3. The summed E-state index contributed by atoms with van der Waals surface area (Å²) in [6.07, 6.45) is 6.94. The van der Waals surface area contributed by atoms with Crippen LogP contribution in [0.3, 0.4) is 0 Å². The summed E-state index contributed by atoms with van der Waals surface area (Å²) in [6, 6.07) is 3.79. The molecule has 1 aromatic heterocycles. The molecule has 0 aliphatic carbocycles. The van der Waals surface area contributed by atoms with Gasteiger partial charge in [-0.25, -0.2) is 0 Å². The van der Waals surface area contributed by atoms with E-state index in [4.69, 9.17) is 0 Å². The zero-order valence-electron chi connectivity index (χ0n) is 12.9. The van der Waals surface area contributed by atoms with Gasteiger partial charge in [-0.2, -0.15) is 17.0 Å². The monoisotopic (exact) mass is 311 g/mol. The van der Waals surface area contributed by atoms with Gasteiger partial charge in [0.2, 0.25) is 0 Å². The molecule has 2 heterocycles. The Labute approximate surface area is 128 Å². The van der Waals surface area contributed by atoms with Crippen molar-refractivity contribution >= 4 is 10.2 Å². The van der Waals surface area contributed by atoms with Crippen molar-refractivity contribution in [1.82, 2.24) is 13.6 Å². The molecule has 118 valence electrons. The van der Waals surface area contributed by atoms with Gasteiger partial charge >= 0.3 is 0 Å². The van der Waals surface area contributed by atoms with E-state index >= 15 is 0 Å². The van der Waals surface area contributed by atoms with Crippen LogP contribution in [0.1, 0.15) is 51.1 Å². The molecule has 0 aromatic carbocycles. The zero-order chi connectivity index (χ0) is 15.3. The number of hydrogen-bond donors (Lipinski definition) is 0. The van der Waals surface area contributed by atoms with E-state index in [1.165, 1.54) is 0 Å². The van der Waals surface area contributed by atoms with Crippen LogP contribution >= 0.6 is 0 Å². The lowest BCUT2D eigenvalue weighted by Gasteiger charge is -2.30. The third-order valence-electron chi connectivity index (χ3n) is 3.86. The second kappa shape index (κ2) is 7.33. The second-order valence-electron chi connectivity index (χ2n) is 5.46. The fraction of sp³-hybridized carbons (Fsp3) is 0.667. The Morgan fingerprint density at radius 1 is 1.24 bits per heavy atom. The molecule has 0 unspecified atom stereocenters. The lowest BCUT2D eigenvalue weighted by Crippen LogP contribution is -2.44. The number of aromatic nitrogens is 1. The summed E-state index contributed by atoms with van der Waals surface area (Å²) in [5, 5.41) is 0. The molecule has 6 heteroatoms. The van der Waals surface area contributed by atoms with Crippen molar-refractivity contribution in [2.75, 3.05) is 19.6 Å². The Hall–Kier alpha value is -0.980. The summed E-state index contributed by atoms with van der Waals surface area (Å²) < 4.78 is 29.2. The summed E-state index contributed by atoms with van der Waals surface area (Å²) in [7, 11) is -3.38. The van der Waals surface area contributed by atoms with Crippen molar-refractivity contribution < 1.29 is 8.42 Å². The molecule has 0 radical (unpaired) electrons. The summed E-state index contributed by atoms with van der Waals surface area (Å²) in [5.74, 6) is 0. The van der Waals surface area contributed by atoms with Crippen LogP contribution in [0.5, 0.6) is 0 Å². The van der Waals surface area contributed by atoms with E-state index in [9.17, 15) is 8.42 Å². The maximum atomic E-state index is 12.9. The summed E-state index contributed by atoms with van der Waals surface area (Å²) in [5.41, 5.74) is 1.04. The van der Waals surface area contributed by atoms with Crippen molar-refractivity contribution in [3.63, 3.8) is 0 Å². The summed E-state index contributed by atoms with van der Waals surface area (Å²) >= 11 is 0. The first kappa shape index (κ1) is 16.4. The van der Waals surface area contributed by atoms with Crippen LogP contribution in [0.25, 0.3) is 0 Å². The van der Waals surface area contributed by atoms with Crippen LogP contribution in [0.4, 0.5) is 0 Å². The van der Waals surface area contributed by atoms with Gasteiger partial charge in [-0.3, -0.25) is 4.98 Å². The second-order valence-corrected chi connectivity index (χ2v) is 7.34. The molecule has 0 amide bonds. The molecule has 2 rings (SSSR count). The quantitative estimate of drug-likeness (QED) is 0.778. The fourth-order valence-corrected chi connectivity index (χ4v) is 4.96. The average molecular weight is 311 g/mol. The van der Waals surface area contributed by atoms with Gasteiger partial charge in [-0.05, 0) is 43.4 Å². The molecule has 0 N–H and O–H groups in total. The fourth-order valence-electron chi connectivity index (χ4n) is 2.92. The Balaban J connectivity index is 2.25. The molecule has 0 bridgehead atoms. The van der Waals surface area contributed by atoms with E-state index in [2.05, 4.69) is 4.98 Å². The van der Waals surface area contributed by atoms with E-state index in [0.717, 1.165) is 31.2 Å². The first-order valence-electron chi connectivity index (χ1n) is 7.78. The number of rotatable bonds is 7. The van der Waals surface area contributed by atoms with Crippen molar-refractivity contribution in [3.05, 3.63) is 30.1 Å². The first-order chi connectivity index (χ1) is 10.1. The molecule has 1 fully saturated rings. The first-order valence-corrected chi connectivity index (χ1v) is 9.17. The topological polar surface area (TPSA) is 53.5 Å². The summed E-state index contributed by atoms with van der Waals surface area (Å²) in [6.45, 7) is 5.83. The third-order valence-corrected chi connectivity index (χ3v) is 5.91. The molecule has 1 aliphatic heterocycles. The van der Waals surface area contributed by atoms with Crippen LogP contribution in [0, 0.1) is 0 Å². The number of nitrogens with zero attached hydrogens (tertiary/aromatic N) is 3. The van der Waals surface area contributed by atoms with E-state index in [0.29, 0.717) is 19.6 Å². The average Bonchev–Trinajstić information content (AvgIpc) is 2.98. The normalized spacial score (nSPS) is 20.2. The van der Waals surface area contributed by atoms with Crippen molar-refractivity contribution in [3.8, 4) is 0 Å². The van der Waals surface area contributed by atoms with Gasteiger partial charge in [-0.1, -0.05) is 13.8 Å². The van der Waals surface area contributed by atoms with E-state index < -0.39 is 10.2 Å². The highest BCUT2D eigenvalue weighted by Gasteiger charge is 2.38. The maximum Gasteiger partial charge on any atom is 0.282 e. The molecule has 1 saturated heterocycles. The van der Waals surface area contributed by atoms with Gasteiger partial charge < -0.3 is 0 Å². The molecular weight excluding hydrogens is 286 g/mol. The molecule has 5 nitrogen and oxygen atoms in total. The Kier molecular flexibility index (Phi) is 5.72. The standard InChI is InChI=1S/C15H25N3O2S/c1-3-11-17(12-4-2)21(19,20)18-13-5-6-15(18)14-7-9-16-10-8-14/h7-10,15H,3-6,11-13H2,1-2H3/t15-/m0/s1. The van der Waals surface area contributed by atoms with Crippen molar-refractivity contribution in [1.29, 1.82) is 0 Å². The zero-order valence-corrected chi connectivity index (χ0v) is 13.7. The molecule has 21 heavy (non-hydrogen) atoms. The molecule has 1 aliphatic rings. The summed E-state index contributed by atoms with van der Waals surface area (Å²) in [4.78, 5) is 4.02. The predicted octanol–water partition coefficient (Wildman–Crippen LogP) is 2.59. The smallest absolute Gasteiger partial charge is 0.265 e. The van der Waals surface area contributed by atoms with Crippen LogP contribution in [-0.4, -0.2) is 41.6 Å². The SMILES string of the molecule is CCCN(CCC)S(=O)(=O)N1CCC[C@H]1c1ccncc1. The minimum absolute atomic E-state index is 0.0470. The number of pyridine rings is 1. The van der Waals surface area contributed by atoms with Crippen molar-refractivity contribution in [2.45, 2.75) is 45.6 Å². The Morgan fingerprint density at radius 3 is 2.43 bits per heavy atom. The highest BCUT2D eigenvalue weighted by molar-refractivity contribution is 7.86. The third kappa shape index (κ3) is 3.62. The van der Waals surface area contributed by atoms with E-state index in [-0.39, 0.29) is 6.04 Å². The maximum absolute atomic E-state index is 12.9. The lowest BCUT2D eigenvalue weighted by atomic mass is 10.1. The van der Waals surface area contributed by atoms with Crippen LogP contribution in [0.15, 0.2) is 24.5 Å². The van der Waals surface area contributed by atoms with Gasteiger partial charge in [0.25, 0.3) is 10.2 Å². The van der Waals surface area contributed by atoms with Gasteiger partial charge in [0.15, 0.2) is 0 Å². The lowest BCUT2D eigenvalue weighted by molar-refractivity contribution is 0.325. The van der Waals surface area contributed by atoms with E-state index in [1.807, 2.05) is 26.0 Å². The predicted molar refractivity (Wildman–Crippen MR) is 84.0 cm³/mol.